The maximum atomic E-state index is 14.2. The number of Topliss-reactive ketones (excluding diaryl/α,β-unsaturated/α-hetero) is 1. The summed E-state index contributed by atoms with van der Waals surface area (Å²) in [7, 11) is 0. The number of halogens is 18. The molecule has 0 aliphatic carbocycles. The number of carbonyl (C=O) groups is 3. The van der Waals surface area contributed by atoms with Gasteiger partial charge in [0.1, 0.15) is 6.10 Å². The molecule has 0 radical (unpaired) electrons. The first-order valence-corrected chi connectivity index (χ1v) is 22.8. The van der Waals surface area contributed by atoms with Crippen LogP contribution in [0.3, 0.4) is 0 Å². The van der Waals surface area contributed by atoms with Crippen molar-refractivity contribution in [3.63, 3.8) is 0 Å². The van der Waals surface area contributed by atoms with E-state index < -0.39 is 140 Å². The average molecular weight is 1170 g/mol. The van der Waals surface area contributed by atoms with Crippen molar-refractivity contribution in [1.29, 1.82) is 0 Å². The van der Waals surface area contributed by atoms with E-state index in [4.69, 9.17) is 60.9 Å². The first-order valence-electron chi connectivity index (χ1n) is 21.3. The maximum Gasteiger partial charge on any atom is 0.435 e. The van der Waals surface area contributed by atoms with Crippen LogP contribution in [0, 0.1) is 25.5 Å². The SMILES string of the molecule is Cc1cc(C2=NO[C@@](c3cc(Cl)c(F)c(Cl)c3)(C(F)(F)F)C2)ccc1C(=O)CC1CC(C(F)(F)F)=NO1.Cc1cc(C2=NO[C@@](c3cc(Cl)c(F)c(Cl)c3)(C(F)(F)F)C2)ccc1C(=O)N(C=O)C1CC(C(F)(F)F)=NO1. The van der Waals surface area contributed by atoms with Crippen LogP contribution in [0.15, 0.2) is 81.3 Å². The Labute approximate surface area is 437 Å². The van der Waals surface area contributed by atoms with Crippen LogP contribution < -0.4 is 0 Å². The number of benzene rings is 4. The molecule has 0 fully saturated rings. The number of rotatable bonds is 10. The molecule has 4 aliphatic heterocycles. The van der Waals surface area contributed by atoms with Crippen LogP contribution in [0.25, 0.3) is 0 Å². The number of oxime groups is 4. The molecule has 4 aromatic rings. The molecule has 8 rings (SSSR count). The summed E-state index contributed by atoms with van der Waals surface area (Å²) in [5.74, 6) is -3.74. The number of hydrogen-bond acceptors (Lipinski definition) is 11. The van der Waals surface area contributed by atoms with E-state index in [9.17, 15) is 75.8 Å². The summed E-state index contributed by atoms with van der Waals surface area (Å²) >= 11 is 22.8. The van der Waals surface area contributed by atoms with Crippen LogP contribution in [0.5, 0.6) is 0 Å². The first kappa shape index (κ1) is 57.5. The highest BCUT2D eigenvalue weighted by atomic mass is 35.5. The zero-order chi connectivity index (χ0) is 56.2. The van der Waals surface area contributed by atoms with Crippen molar-refractivity contribution in [2.24, 2.45) is 20.6 Å². The Hall–Kier alpha value is -6.25. The maximum absolute atomic E-state index is 14.2. The standard InChI is InChI=1S/C23H14Cl2F7N3O4.C23H15Cl2F7N2O3/c1-10-4-11(2-3-13(10)20(37)35(9-36)18-7-17(34-38-18)22(27,28)29)16-8-21(39-33-16,23(30,31)32)12-5-14(24)19(26)15(25)6-12;1-10-4-11(2-3-14(10)18(35)7-13-8-19(34-36-13)22(27,28)29)17-9-21(37-33-17,23(30,31)32)12-5-15(24)20(26)16(25)6-12/h2-6,9,18H,7-8H2,1H3;2-6,13H,7-9H2,1H3/t18?,21-;13?,21-/m00/s1. The van der Waals surface area contributed by atoms with E-state index in [0.29, 0.717) is 10.5 Å². The van der Waals surface area contributed by atoms with Crippen molar-refractivity contribution in [2.45, 2.75) is 94.2 Å². The largest absolute Gasteiger partial charge is 0.435 e. The van der Waals surface area contributed by atoms with Gasteiger partial charge in [0.05, 0.1) is 44.4 Å². The lowest BCUT2D eigenvalue weighted by molar-refractivity contribution is -0.276. The van der Waals surface area contributed by atoms with Gasteiger partial charge in [-0.25, -0.2) is 13.7 Å². The fraction of sp³-hybridized carbons (Fsp3) is 0.326. The van der Waals surface area contributed by atoms with Gasteiger partial charge < -0.3 is 19.4 Å². The zero-order valence-electron chi connectivity index (χ0n) is 37.9. The normalized spacial score (nSPS) is 21.5. The smallest absolute Gasteiger partial charge is 0.391 e. The van der Waals surface area contributed by atoms with Gasteiger partial charge in [-0.3, -0.25) is 14.4 Å². The van der Waals surface area contributed by atoms with E-state index in [1.807, 2.05) is 0 Å². The average Bonchev–Trinajstić information content (AvgIpc) is 4.17. The number of carbonyl (C=O) groups excluding carboxylic acids is 3. The Balaban J connectivity index is 0.000000221. The third-order valence-electron chi connectivity index (χ3n) is 12.0. The second-order valence-electron chi connectivity index (χ2n) is 17.0. The number of ketones is 1. The molecule has 2 unspecified atom stereocenters. The molecule has 30 heteroatoms. The van der Waals surface area contributed by atoms with Crippen molar-refractivity contribution in [3.05, 3.63) is 137 Å². The molecule has 0 saturated heterocycles. The number of nitrogens with zero attached hydrogens (tertiary/aromatic N) is 5. The summed E-state index contributed by atoms with van der Waals surface area (Å²) in [6, 6.07) is 10.7. The van der Waals surface area contributed by atoms with Crippen LogP contribution >= 0.6 is 46.4 Å². The molecule has 4 aliphatic rings. The lowest BCUT2D eigenvalue weighted by atomic mass is 9.86. The van der Waals surface area contributed by atoms with Gasteiger partial charge >= 0.3 is 24.7 Å². The van der Waals surface area contributed by atoms with E-state index in [1.54, 1.807) is 0 Å². The molecule has 4 heterocycles. The predicted molar refractivity (Wildman–Crippen MR) is 242 cm³/mol. The van der Waals surface area contributed by atoms with Crippen LogP contribution in [0.4, 0.5) is 61.5 Å². The molecule has 0 bridgehead atoms. The molecule has 2 amide bonds. The van der Waals surface area contributed by atoms with Gasteiger partial charge in [0, 0.05) is 41.5 Å². The summed E-state index contributed by atoms with van der Waals surface area (Å²) in [5.41, 5.74) is -9.09. The van der Waals surface area contributed by atoms with Crippen molar-refractivity contribution < 1.29 is 95.2 Å². The lowest BCUT2D eigenvalue weighted by Gasteiger charge is -2.29. The number of imide groups is 1. The quantitative estimate of drug-likeness (QED) is 0.0666. The second kappa shape index (κ2) is 20.9. The summed E-state index contributed by atoms with van der Waals surface area (Å²) < 4.78 is 190. The highest BCUT2D eigenvalue weighted by molar-refractivity contribution is 6.35. The van der Waals surface area contributed by atoms with Crippen molar-refractivity contribution in [3.8, 4) is 0 Å². The molecule has 0 aromatic heterocycles. The van der Waals surface area contributed by atoms with Gasteiger partial charge in [0.15, 0.2) is 28.8 Å². The lowest BCUT2D eigenvalue weighted by Crippen LogP contribution is -2.42. The summed E-state index contributed by atoms with van der Waals surface area (Å²) in [4.78, 5) is 56.5. The van der Waals surface area contributed by atoms with E-state index in [-0.39, 0.29) is 52.1 Å². The molecule has 0 N–H and O–H groups in total. The molecule has 4 atom stereocenters. The minimum atomic E-state index is -5.04. The van der Waals surface area contributed by atoms with E-state index in [2.05, 4.69) is 25.5 Å². The molecular weight excluding hydrogens is 1140 g/mol. The van der Waals surface area contributed by atoms with Crippen LogP contribution in [-0.4, -0.2) is 82.9 Å². The van der Waals surface area contributed by atoms with Gasteiger partial charge in [-0.2, -0.15) is 52.7 Å². The van der Waals surface area contributed by atoms with E-state index in [0.717, 1.165) is 30.3 Å². The van der Waals surface area contributed by atoms with Gasteiger partial charge in [0.25, 0.3) is 17.1 Å². The Bertz CT molecular complexity index is 3100. The Kier molecular flexibility index (Phi) is 15.8. The van der Waals surface area contributed by atoms with Crippen molar-refractivity contribution >= 4 is 87.4 Å². The number of aryl methyl sites for hydroxylation is 2. The summed E-state index contributed by atoms with van der Waals surface area (Å²) in [6.07, 6.45) is -25.7. The number of alkyl halides is 12. The van der Waals surface area contributed by atoms with Crippen molar-refractivity contribution in [2.75, 3.05) is 0 Å². The molecule has 0 spiro atoms. The predicted octanol–water partition coefficient (Wildman–Crippen LogP) is 13.6. The minimum Gasteiger partial charge on any atom is -0.391 e. The Morgan fingerprint density at radius 2 is 1.03 bits per heavy atom. The van der Waals surface area contributed by atoms with Crippen LogP contribution in [0.1, 0.15) is 86.2 Å². The Morgan fingerprint density at radius 3 is 1.39 bits per heavy atom. The van der Waals surface area contributed by atoms with E-state index in [1.165, 1.54) is 44.2 Å². The minimum absolute atomic E-state index is 0.0132. The van der Waals surface area contributed by atoms with Gasteiger partial charge in [0.2, 0.25) is 12.6 Å². The first-order chi connectivity index (χ1) is 35.2. The monoisotopic (exact) mass is 1170 g/mol. The van der Waals surface area contributed by atoms with Gasteiger partial charge in [-0.15, -0.1) is 0 Å². The molecule has 0 saturated carbocycles. The molecular formula is C46H29Cl4F14N5O7. The topological polar surface area (TPSA) is 141 Å². The third kappa shape index (κ3) is 11.3. The van der Waals surface area contributed by atoms with E-state index >= 15 is 0 Å². The summed E-state index contributed by atoms with van der Waals surface area (Å²) in [6.45, 7) is 2.90. The fourth-order valence-corrected chi connectivity index (χ4v) is 9.00. The van der Waals surface area contributed by atoms with Crippen molar-refractivity contribution in [1.82, 2.24) is 4.90 Å². The third-order valence-corrected chi connectivity index (χ3v) is 13.1. The van der Waals surface area contributed by atoms with Crippen LogP contribution in [0.2, 0.25) is 20.1 Å². The number of hydrogen-bond donors (Lipinski definition) is 0. The zero-order valence-corrected chi connectivity index (χ0v) is 41.0. The summed E-state index contributed by atoms with van der Waals surface area (Å²) in [5, 5.41) is 10.5. The second-order valence-corrected chi connectivity index (χ2v) is 18.7. The molecule has 12 nitrogen and oxygen atoms in total. The van der Waals surface area contributed by atoms with Gasteiger partial charge in [-0.05, 0) is 78.6 Å². The highest BCUT2D eigenvalue weighted by Crippen LogP contribution is 2.52. The van der Waals surface area contributed by atoms with Crippen LogP contribution in [-0.2, 0) is 35.3 Å². The Morgan fingerprint density at radius 1 is 0.618 bits per heavy atom. The van der Waals surface area contributed by atoms with Gasteiger partial charge in [-0.1, -0.05) is 85.2 Å². The molecule has 4 aromatic carbocycles. The molecule has 76 heavy (non-hydrogen) atoms. The number of amides is 2. The highest BCUT2D eigenvalue weighted by Gasteiger charge is 2.64. The fourth-order valence-electron chi connectivity index (χ4n) is 8.02. The molecule has 406 valence electrons.